The van der Waals surface area contributed by atoms with Crippen molar-refractivity contribution in [3.05, 3.63) is 29.8 Å². The molecule has 0 spiro atoms. The maximum absolute atomic E-state index is 10.2. The summed E-state index contributed by atoms with van der Waals surface area (Å²) in [4.78, 5) is 2.25. The number of nitrogen functional groups attached to an aromatic ring is 1. The van der Waals surface area contributed by atoms with Crippen molar-refractivity contribution in [2.45, 2.75) is 25.0 Å². The van der Waals surface area contributed by atoms with Gasteiger partial charge in [0, 0.05) is 25.3 Å². The molecule has 0 aliphatic carbocycles. The van der Waals surface area contributed by atoms with Gasteiger partial charge in [-0.05, 0) is 30.5 Å². The minimum atomic E-state index is -0.481. The van der Waals surface area contributed by atoms with Crippen molar-refractivity contribution in [1.82, 2.24) is 4.90 Å². The van der Waals surface area contributed by atoms with Crippen LogP contribution in [0, 0.1) is 0 Å². The van der Waals surface area contributed by atoms with Crippen LogP contribution in [0.25, 0.3) is 0 Å². The van der Waals surface area contributed by atoms with Crippen molar-refractivity contribution in [1.29, 1.82) is 0 Å². The van der Waals surface area contributed by atoms with Crippen molar-refractivity contribution in [2.24, 2.45) is 0 Å². The van der Waals surface area contributed by atoms with Gasteiger partial charge in [0.25, 0.3) is 0 Å². The molecule has 1 fully saturated rings. The first-order valence-electron chi connectivity index (χ1n) is 7.17. The van der Waals surface area contributed by atoms with Gasteiger partial charge in [0.1, 0.15) is 0 Å². The third-order valence-electron chi connectivity index (χ3n) is 3.73. The number of nitrogens with two attached hydrogens (primary N) is 1. The molecule has 112 valence electrons. The Balaban J connectivity index is 1.76. The Morgan fingerprint density at radius 2 is 1.90 bits per heavy atom. The molecule has 2 rings (SSSR count). The maximum Gasteiger partial charge on any atom is 0.0916 e. The molecule has 1 heterocycles. The summed E-state index contributed by atoms with van der Waals surface area (Å²) >= 11 is 0. The molecule has 1 aliphatic rings. The summed E-state index contributed by atoms with van der Waals surface area (Å²) in [6.45, 7) is 2.97. The van der Waals surface area contributed by atoms with Crippen LogP contribution in [0.3, 0.4) is 0 Å². The fourth-order valence-corrected chi connectivity index (χ4v) is 2.55. The van der Waals surface area contributed by atoms with Gasteiger partial charge in [0.05, 0.1) is 25.4 Å². The minimum absolute atomic E-state index is 0.0794. The van der Waals surface area contributed by atoms with E-state index in [1.807, 2.05) is 24.3 Å². The average Bonchev–Trinajstić information content (AvgIpc) is 2.47. The fourth-order valence-electron chi connectivity index (χ4n) is 2.55. The van der Waals surface area contributed by atoms with Crippen LogP contribution in [-0.4, -0.2) is 54.1 Å². The van der Waals surface area contributed by atoms with Gasteiger partial charge in [0.2, 0.25) is 0 Å². The molecule has 1 aliphatic heterocycles. The fraction of sp³-hybridized carbons (Fsp3) is 0.600. The first-order chi connectivity index (χ1) is 9.69. The Morgan fingerprint density at radius 3 is 2.50 bits per heavy atom. The molecule has 5 nitrogen and oxygen atoms in total. The van der Waals surface area contributed by atoms with Crippen molar-refractivity contribution >= 4 is 5.69 Å². The highest BCUT2D eigenvalue weighted by Gasteiger charge is 2.21. The van der Waals surface area contributed by atoms with Crippen LogP contribution in [-0.2, 0) is 4.74 Å². The summed E-state index contributed by atoms with van der Waals surface area (Å²) in [5, 5.41) is 19.0. The minimum Gasteiger partial charge on any atom is -0.399 e. The monoisotopic (exact) mass is 280 g/mol. The number of piperidine rings is 1. The van der Waals surface area contributed by atoms with E-state index >= 15 is 0 Å². The number of aliphatic hydroxyl groups excluding tert-OH is 2. The van der Waals surface area contributed by atoms with Crippen LogP contribution in [0.5, 0.6) is 0 Å². The third kappa shape index (κ3) is 4.45. The standard InChI is InChI=1S/C15H24N2O3/c16-13-3-1-12(2-4-13)15(19)11-17-7-5-14(6-8-17)20-10-9-18/h1-4,14-15,18-19H,5-11,16H2. The molecular formula is C15H24N2O3. The van der Waals surface area contributed by atoms with Crippen molar-refractivity contribution in [3.63, 3.8) is 0 Å². The van der Waals surface area contributed by atoms with E-state index in [1.165, 1.54) is 0 Å². The van der Waals surface area contributed by atoms with Crippen LogP contribution in [0.15, 0.2) is 24.3 Å². The van der Waals surface area contributed by atoms with Gasteiger partial charge in [-0.3, -0.25) is 0 Å². The summed E-state index contributed by atoms with van der Waals surface area (Å²) in [6.07, 6.45) is 1.67. The van der Waals surface area contributed by atoms with E-state index in [1.54, 1.807) is 0 Å². The molecule has 1 aromatic rings. The lowest BCUT2D eigenvalue weighted by molar-refractivity contribution is -0.0149. The summed E-state index contributed by atoms with van der Waals surface area (Å²) in [5.41, 5.74) is 7.25. The first-order valence-corrected chi connectivity index (χ1v) is 7.17. The Labute approximate surface area is 120 Å². The lowest BCUT2D eigenvalue weighted by Crippen LogP contribution is -2.39. The van der Waals surface area contributed by atoms with Gasteiger partial charge in [-0.2, -0.15) is 0 Å². The SMILES string of the molecule is Nc1ccc(C(O)CN2CCC(OCCO)CC2)cc1. The quantitative estimate of drug-likeness (QED) is 0.671. The predicted octanol–water partition coefficient (Wildman–Crippen LogP) is 0.775. The van der Waals surface area contributed by atoms with E-state index in [2.05, 4.69) is 4.90 Å². The Morgan fingerprint density at radius 1 is 1.25 bits per heavy atom. The third-order valence-corrected chi connectivity index (χ3v) is 3.73. The molecule has 1 atom stereocenters. The van der Waals surface area contributed by atoms with Gasteiger partial charge in [-0.25, -0.2) is 0 Å². The van der Waals surface area contributed by atoms with Crippen molar-refractivity contribution in [3.8, 4) is 0 Å². The van der Waals surface area contributed by atoms with Gasteiger partial charge in [-0.15, -0.1) is 0 Å². The number of benzene rings is 1. The number of hydrogen-bond acceptors (Lipinski definition) is 5. The largest absolute Gasteiger partial charge is 0.399 e. The van der Waals surface area contributed by atoms with E-state index in [9.17, 15) is 5.11 Å². The summed E-state index contributed by atoms with van der Waals surface area (Å²) in [7, 11) is 0. The van der Waals surface area contributed by atoms with Crippen LogP contribution in [0.1, 0.15) is 24.5 Å². The number of β-amino-alcohol motifs (C(OH)–C–C–N with tert-alkyl or cyclic N) is 1. The summed E-state index contributed by atoms with van der Waals surface area (Å²) in [6, 6.07) is 7.37. The first kappa shape index (κ1) is 15.3. The lowest BCUT2D eigenvalue weighted by Gasteiger charge is -2.33. The van der Waals surface area contributed by atoms with Crippen molar-refractivity contribution in [2.75, 3.05) is 38.6 Å². The van der Waals surface area contributed by atoms with E-state index in [0.29, 0.717) is 18.8 Å². The van der Waals surface area contributed by atoms with Crippen LogP contribution < -0.4 is 5.73 Å². The molecule has 0 radical (unpaired) electrons. The number of likely N-dealkylation sites (tertiary alicyclic amines) is 1. The molecule has 0 aromatic heterocycles. The lowest BCUT2D eigenvalue weighted by atomic mass is 10.0. The number of nitrogens with zero attached hydrogens (tertiary/aromatic N) is 1. The van der Waals surface area contributed by atoms with Gasteiger partial charge in [-0.1, -0.05) is 12.1 Å². The van der Waals surface area contributed by atoms with Gasteiger partial charge in [0.15, 0.2) is 0 Å². The number of ether oxygens (including phenoxy) is 1. The van der Waals surface area contributed by atoms with E-state index < -0.39 is 6.10 Å². The maximum atomic E-state index is 10.2. The van der Waals surface area contributed by atoms with Gasteiger partial charge < -0.3 is 25.6 Å². The Bertz CT molecular complexity index is 389. The zero-order chi connectivity index (χ0) is 14.4. The van der Waals surface area contributed by atoms with Crippen LogP contribution in [0.4, 0.5) is 5.69 Å². The van der Waals surface area contributed by atoms with E-state index in [0.717, 1.165) is 31.5 Å². The zero-order valence-electron chi connectivity index (χ0n) is 11.7. The molecule has 0 saturated carbocycles. The number of anilines is 1. The smallest absolute Gasteiger partial charge is 0.0916 e. The molecule has 20 heavy (non-hydrogen) atoms. The Kier molecular flexibility index (Phi) is 5.79. The molecule has 5 heteroatoms. The number of aliphatic hydroxyl groups is 2. The average molecular weight is 280 g/mol. The number of rotatable bonds is 6. The molecule has 0 amide bonds. The van der Waals surface area contributed by atoms with Gasteiger partial charge >= 0.3 is 0 Å². The number of hydrogen-bond donors (Lipinski definition) is 3. The molecule has 4 N–H and O–H groups in total. The molecule has 1 saturated heterocycles. The second-order valence-corrected chi connectivity index (χ2v) is 5.28. The topological polar surface area (TPSA) is 79.0 Å². The highest BCUT2D eigenvalue weighted by Crippen LogP contribution is 2.19. The molecule has 1 unspecified atom stereocenters. The Hall–Kier alpha value is -1.14. The molecule has 0 bridgehead atoms. The second-order valence-electron chi connectivity index (χ2n) is 5.28. The normalized spacial score (nSPS) is 19.1. The molecule has 1 aromatic carbocycles. The highest BCUT2D eigenvalue weighted by atomic mass is 16.5. The van der Waals surface area contributed by atoms with Crippen LogP contribution >= 0.6 is 0 Å². The van der Waals surface area contributed by atoms with E-state index in [4.69, 9.17) is 15.6 Å². The van der Waals surface area contributed by atoms with E-state index in [-0.39, 0.29) is 12.7 Å². The van der Waals surface area contributed by atoms with Crippen molar-refractivity contribution < 1.29 is 14.9 Å². The zero-order valence-corrected chi connectivity index (χ0v) is 11.7. The van der Waals surface area contributed by atoms with Crippen LogP contribution in [0.2, 0.25) is 0 Å². The summed E-state index contributed by atoms with van der Waals surface area (Å²) in [5.74, 6) is 0. The second kappa shape index (κ2) is 7.59. The predicted molar refractivity (Wildman–Crippen MR) is 78.3 cm³/mol. The highest BCUT2D eigenvalue weighted by molar-refractivity contribution is 5.39. The summed E-state index contributed by atoms with van der Waals surface area (Å²) < 4.78 is 5.53. The molecular weight excluding hydrogens is 256 g/mol.